The summed E-state index contributed by atoms with van der Waals surface area (Å²) in [7, 11) is 0. The Hall–Kier alpha value is -1.57. The van der Waals surface area contributed by atoms with Crippen molar-refractivity contribution >= 4 is 5.57 Å². The van der Waals surface area contributed by atoms with Crippen LogP contribution in [-0.2, 0) is 0 Å². The lowest BCUT2D eigenvalue weighted by molar-refractivity contribution is 0.508. The normalized spacial score (nSPS) is 15.5. The maximum atomic E-state index is 11.3. The number of rotatable bonds is 1. The van der Waals surface area contributed by atoms with E-state index in [1.807, 2.05) is 12.2 Å². The van der Waals surface area contributed by atoms with Crippen LogP contribution in [0.1, 0.15) is 18.4 Å². The monoisotopic (exact) mass is 174 g/mol. The van der Waals surface area contributed by atoms with E-state index in [-0.39, 0.29) is 5.63 Å². The van der Waals surface area contributed by atoms with Gasteiger partial charge in [-0.2, -0.15) is 0 Å². The largest absolute Gasteiger partial charge is 0.431 e. The molecule has 2 rings (SSSR count). The molecule has 1 aromatic rings. The van der Waals surface area contributed by atoms with E-state index in [9.17, 15) is 4.79 Å². The third-order valence-corrected chi connectivity index (χ3v) is 2.10. The molecule has 0 bridgehead atoms. The van der Waals surface area contributed by atoms with Crippen molar-refractivity contribution in [3.63, 3.8) is 0 Å². The van der Waals surface area contributed by atoms with Crippen molar-refractivity contribution in [2.75, 3.05) is 0 Å². The third kappa shape index (κ3) is 1.61. The summed E-state index contributed by atoms with van der Waals surface area (Å²) in [6.45, 7) is 0. The zero-order valence-corrected chi connectivity index (χ0v) is 7.19. The molecule has 0 unspecified atom stereocenters. The van der Waals surface area contributed by atoms with Gasteiger partial charge in [-0.05, 0) is 30.5 Å². The van der Waals surface area contributed by atoms with Crippen LogP contribution < -0.4 is 5.63 Å². The lowest BCUT2D eigenvalue weighted by atomic mass is 9.99. The standard InChI is InChI=1S/C11H10O2/c12-11-10(7-4-8-13-11)9-5-2-1-3-6-9/h1-2,4-5,7-8H,3,6H2. The van der Waals surface area contributed by atoms with Gasteiger partial charge in [-0.1, -0.05) is 18.2 Å². The van der Waals surface area contributed by atoms with Gasteiger partial charge in [0.1, 0.15) is 0 Å². The molecule has 13 heavy (non-hydrogen) atoms. The van der Waals surface area contributed by atoms with E-state index >= 15 is 0 Å². The van der Waals surface area contributed by atoms with E-state index < -0.39 is 0 Å². The van der Waals surface area contributed by atoms with E-state index in [1.165, 1.54) is 6.26 Å². The Morgan fingerprint density at radius 2 is 2.31 bits per heavy atom. The van der Waals surface area contributed by atoms with Crippen LogP contribution in [0.2, 0.25) is 0 Å². The minimum atomic E-state index is -0.246. The Bertz CT molecular complexity index is 410. The molecule has 0 atom stereocenters. The Morgan fingerprint density at radius 3 is 3.00 bits per heavy atom. The third-order valence-electron chi connectivity index (χ3n) is 2.10. The topological polar surface area (TPSA) is 30.2 Å². The lowest BCUT2D eigenvalue weighted by Crippen LogP contribution is -2.05. The number of hydrogen-bond donors (Lipinski definition) is 0. The van der Waals surface area contributed by atoms with E-state index in [2.05, 4.69) is 6.08 Å². The Kier molecular flexibility index (Phi) is 2.13. The summed E-state index contributed by atoms with van der Waals surface area (Å²) in [4.78, 5) is 11.3. The summed E-state index contributed by atoms with van der Waals surface area (Å²) in [5, 5.41) is 0. The summed E-state index contributed by atoms with van der Waals surface area (Å²) in [6.07, 6.45) is 9.37. The summed E-state index contributed by atoms with van der Waals surface area (Å²) in [6, 6.07) is 3.55. The van der Waals surface area contributed by atoms with Crippen LogP contribution in [0.15, 0.2) is 45.8 Å². The average molecular weight is 174 g/mol. The summed E-state index contributed by atoms with van der Waals surface area (Å²) >= 11 is 0. The minimum Gasteiger partial charge on any atom is -0.431 e. The Morgan fingerprint density at radius 1 is 1.38 bits per heavy atom. The maximum Gasteiger partial charge on any atom is 0.343 e. The fourth-order valence-electron chi connectivity index (χ4n) is 1.43. The SMILES string of the molecule is O=c1occcc1C1=CC=CCC1. The van der Waals surface area contributed by atoms with Gasteiger partial charge < -0.3 is 4.42 Å². The van der Waals surface area contributed by atoms with Gasteiger partial charge in [0.2, 0.25) is 0 Å². The van der Waals surface area contributed by atoms with Gasteiger partial charge in [0, 0.05) is 0 Å². The number of hydrogen-bond acceptors (Lipinski definition) is 2. The van der Waals surface area contributed by atoms with E-state index in [0.717, 1.165) is 18.4 Å². The smallest absolute Gasteiger partial charge is 0.343 e. The molecule has 0 radical (unpaired) electrons. The molecule has 0 spiro atoms. The predicted molar refractivity (Wildman–Crippen MR) is 51.3 cm³/mol. The zero-order chi connectivity index (χ0) is 9.10. The van der Waals surface area contributed by atoms with Gasteiger partial charge in [0.15, 0.2) is 0 Å². The molecular weight excluding hydrogens is 164 g/mol. The second-order valence-corrected chi connectivity index (χ2v) is 2.97. The van der Waals surface area contributed by atoms with Gasteiger partial charge in [0.05, 0.1) is 11.8 Å². The molecule has 2 heteroatoms. The highest BCUT2D eigenvalue weighted by Crippen LogP contribution is 2.20. The molecule has 1 aliphatic rings. The van der Waals surface area contributed by atoms with E-state index in [0.29, 0.717) is 5.56 Å². The highest BCUT2D eigenvalue weighted by molar-refractivity contribution is 5.67. The van der Waals surface area contributed by atoms with Crippen LogP contribution in [0.3, 0.4) is 0 Å². The van der Waals surface area contributed by atoms with E-state index in [1.54, 1.807) is 12.1 Å². The van der Waals surface area contributed by atoms with Crippen LogP contribution in [0.5, 0.6) is 0 Å². The second-order valence-electron chi connectivity index (χ2n) is 2.97. The molecule has 0 N–H and O–H groups in total. The van der Waals surface area contributed by atoms with Crippen molar-refractivity contribution < 1.29 is 4.42 Å². The van der Waals surface area contributed by atoms with Crippen LogP contribution in [0.4, 0.5) is 0 Å². The first kappa shape index (κ1) is 8.05. The minimum absolute atomic E-state index is 0.246. The van der Waals surface area contributed by atoms with Crippen molar-refractivity contribution in [3.8, 4) is 0 Å². The van der Waals surface area contributed by atoms with Crippen LogP contribution >= 0.6 is 0 Å². The van der Waals surface area contributed by atoms with E-state index in [4.69, 9.17) is 4.42 Å². The molecular formula is C11H10O2. The molecule has 1 heterocycles. The molecule has 1 aliphatic carbocycles. The fraction of sp³-hybridized carbons (Fsp3) is 0.182. The van der Waals surface area contributed by atoms with Crippen molar-refractivity contribution in [2.24, 2.45) is 0 Å². The first-order valence-corrected chi connectivity index (χ1v) is 4.32. The molecule has 2 nitrogen and oxygen atoms in total. The molecule has 0 fully saturated rings. The molecule has 66 valence electrons. The molecule has 0 aromatic carbocycles. The van der Waals surface area contributed by atoms with Gasteiger partial charge in [-0.25, -0.2) is 4.79 Å². The van der Waals surface area contributed by atoms with Gasteiger partial charge in [-0.15, -0.1) is 0 Å². The Labute approximate surface area is 76.2 Å². The van der Waals surface area contributed by atoms with Gasteiger partial charge in [0.25, 0.3) is 0 Å². The first-order chi connectivity index (χ1) is 6.38. The highest BCUT2D eigenvalue weighted by Gasteiger charge is 2.07. The van der Waals surface area contributed by atoms with Crippen LogP contribution in [-0.4, -0.2) is 0 Å². The molecule has 0 amide bonds. The fourth-order valence-corrected chi connectivity index (χ4v) is 1.43. The van der Waals surface area contributed by atoms with Crippen molar-refractivity contribution in [2.45, 2.75) is 12.8 Å². The molecule has 1 aromatic heterocycles. The lowest BCUT2D eigenvalue weighted by Gasteiger charge is -2.06. The quantitative estimate of drug-likeness (QED) is 0.654. The highest BCUT2D eigenvalue weighted by atomic mass is 16.4. The molecule has 0 aliphatic heterocycles. The van der Waals surface area contributed by atoms with Crippen molar-refractivity contribution in [3.05, 3.63) is 52.6 Å². The summed E-state index contributed by atoms with van der Waals surface area (Å²) < 4.78 is 4.79. The second kappa shape index (κ2) is 3.44. The first-order valence-electron chi connectivity index (χ1n) is 4.32. The van der Waals surface area contributed by atoms with Gasteiger partial charge in [-0.3, -0.25) is 0 Å². The summed E-state index contributed by atoms with van der Waals surface area (Å²) in [5.74, 6) is 0. The van der Waals surface area contributed by atoms with Crippen molar-refractivity contribution in [1.29, 1.82) is 0 Å². The molecule has 0 saturated heterocycles. The van der Waals surface area contributed by atoms with Gasteiger partial charge >= 0.3 is 5.63 Å². The number of allylic oxidation sites excluding steroid dienone is 4. The predicted octanol–water partition coefficient (Wildman–Crippen LogP) is 2.37. The van der Waals surface area contributed by atoms with Crippen LogP contribution in [0.25, 0.3) is 5.57 Å². The summed E-state index contributed by atoms with van der Waals surface area (Å²) in [5.41, 5.74) is 1.51. The Balaban J connectivity index is 2.46. The average Bonchev–Trinajstić information content (AvgIpc) is 2.20. The van der Waals surface area contributed by atoms with Crippen LogP contribution in [0, 0.1) is 0 Å². The molecule has 0 saturated carbocycles. The maximum absolute atomic E-state index is 11.3. The zero-order valence-electron chi connectivity index (χ0n) is 7.19. The van der Waals surface area contributed by atoms with Crippen molar-refractivity contribution in [1.82, 2.24) is 0 Å².